The fourth-order valence-electron chi connectivity index (χ4n) is 1.26. The molecule has 0 bridgehead atoms. The third kappa shape index (κ3) is 5.63. The standard InChI is InChI=1S/C11H15NO3S/c13-11(7-9-16(14)15)12-8-6-10-4-2-1-3-5-10/h1-5H,6-9H2,(H,12,13)(H,14,15). The largest absolute Gasteiger partial charge is 0.356 e. The Morgan fingerprint density at radius 2 is 2.00 bits per heavy atom. The zero-order valence-electron chi connectivity index (χ0n) is 8.89. The van der Waals surface area contributed by atoms with Crippen LogP contribution in [0.1, 0.15) is 12.0 Å². The van der Waals surface area contributed by atoms with Crippen molar-refractivity contribution in [1.29, 1.82) is 0 Å². The number of benzene rings is 1. The fourth-order valence-corrected chi connectivity index (χ4v) is 1.62. The predicted molar refractivity (Wildman–Crippen MR) is 63.4 cm³/mol. The highest BCUT2D eigenvalue weighted by molar-refractivity contribution is 7.79. The van der Waals surface area contributed by atoms with E-state index in [1.54, 1.807) is 0 Å². The second-order valence-corrected chi connectivity index (χ2v) is 4.41. The summed E-state index contributed by atoms with van der Waals surface area (Å²) in [5, 5.41) is 2.70. The van der Waals surface area contributed by atoms with Crippen LogP contribution in [0.2, 0.25) is 0 Å². The molecule has 16 heavy (non-hydrogen) atoms. The van der Waals surface area contributed by atoms with Crippen LogP contribution in [0.3, 0.4) is 0 Å². The number of hydrogen-bond acceptors (Lipinski definition) is 2. The fraction of sp³-hybridized carbons (Fsp3) is 0.364. The first kappa shape index (κ1) is 12.9. The zero-order chi connectivity index (χ0) is 11.8. The Hall–Kier alpha value is -1.20. The molecule has 1 unspecified atom stereocenters. The van der Waals surface area contributed by atoms with Crippen LogP contribution in [0.25, 0.3) is 0 Å². The Morgan fingerprint density at radius 1 is 1.31 bits per heavy atom. The molecule has 2 N–H and O–H groups in total. The van der Waals surface area contributed by atoms with Crippen molar-refractivity contribution in [3.8, 4) is 0 Å². The summed E-state index contributed by atoms with van der Waals surface area (Å²) in [4.78, 5) is 11.2. The maximum atomic E-state index is 11.2. The molecule has 1 aromatic rings. The molecule has 1 amide bonds. The summed E-state index contributed by atoms with van der Waals surface area (Å²) in [7, 11) is 0. The van der Waals surface area contributed by atoms with Crippen LogP contribution < -0.4 is 5.32 Å². The van der Waals surface area contributed by atoms with Gasteiger partial charge < -0.3 is 9.87 Å². The molecule has 0 saturated heterocycles. The van der Waals surface area contributed by atoms with Gasteiger partial charge in [-0.15, -0.1) is 0 Å². The van der Waals surface area contributed by atoms with E-state index in [1.807, 2.05) is 30.3 Å². The van der Waals surface area contributed by atoms with Gasteiger partial charge in [0.15, 0.2) is 11.1 Å². The van der Waals surface area contributed by atoms with E-state index in [-0.39, 0.29) is 18.1 Å². The molecule has 88 valence electrons. The number of rotatable bonds is 6. The Morgan fingerprint density at radius 3 is 2.62 bits per heavy atom. The summed E-state index contributed by atoms with van der Waals surface area (Å²) in [6, 6.07) is 9.83. The molecule has 5 heteroatoms. The quantitative estimate of drug-likeness (QED) is 0.729. The molecule has 0 fully saturated rings. The van der Waals surface area contributed by atoms with E-state index in [4.69, 9.17) is 4.55 Å². The molecule has 0 saturated carbocycles. The van der Waals surface area contributed by atoms with Crippen LogP contribution >= 0.6 is 0 Å². The summed E-state index contributed by atoms with van der Waals surface area (Å²) in [5.74, 6) is -0.185. The molecule has 0 radical (unpaired) electrons. The SMILES string of the molecule is O=C(CCS(=O)O)NCCc1ccccc1. The average molecular weight is 241 g/mol. The summed E-state index contributed by atoms with van der Waals surface area (Å²) in [5.41, 5.74) is 1.16. The predicted octanol–water partition coefficient (Wildman–Crippen LogP) is 0.957. The number of carbonyl (C=O) groups is 1. The number of carbonyl (C=O) groups excluding carboxylic acids is 1. The van der Waals surface area contributed by atoms with Crippen LogP contribution in [-0.2, 0) is 22.3 Å². The van der Waals surface area contributed by atoms with Crippen molar-refractivity contribution in [1.82, 2.24) is 5.32 Å². The molecule has 0 aliphatic carbocycles. The minimum atomic E-state index is -1.89. The van der Waals surface area contributed by atoms with E-state index in [1.165, 1.54) is 0 Å². The highest BCUT2D eigenvalue weighted by Gasteiger charge is 2.02. The summed E-state index contributed by atoms with van der Waals surface area (Å²) in [6.07, 6.45) is 0.868. The number of hydrogen-bond donors (Lipinski definition) is 2. The lowest BCUT2D eigenvalue weighted by atomic mass is 10.1. The van der Waals surface area contributed by atoms with Crippen molar-refractivity contribution < 1.29 is 13.6 Å². The molecule has 0 aliphatic rings. The Balaban J connectivity index is 2.16. The Bertz CT molecular complexity index is 354. The highest BCUT2D eigenvalue weighted by Crippen LogP contribution is 1.98. The number of nitrogens with one attached hydrogen (secondary N) is 1. The van der Waals surface area contributed by atoms with Gasteiger partial charge in [0.05, 0.1) is 5.75 Å². The second kappa shape index (κ2) is 7.14. The van der Waals surface area contributed by atoms with Gasteiger partial charge in [-0.25, -0.2) is 4.21 Å². The smallest absolute Gasteiger partial charge is 0.221 e. The van der Waals surface area contributed by atoms with E-state index < -0.39 is 11.1 Å². The average Bonchev–Trinajstić information content (AvgIpc) is 2.28. The lowest BCUT2D eigenvalue weighted by Crippen LogP contribution is -2.26. The normalized spacial score (nSPS) is 12.1. The lowest BCUT2D eigenvalue weighted by molar-refractivity contribution is -0.120. The van der Waals surface area contributed by atoms with Gasteiger partial charge in [-0.3, -0.25) is 4.79 Å². The van der Waals surface area contributed by atoms with Crippen molar-refractivity contribution in [3.63, 3.8) is 0 Å². The minimum absolute atomic E-state index is 0.00281. The van der Waals surface area contributed by atoms with E-state index in [0.717, 1.165) is 12.0 Å². The highest BCUT2D eigenvalue weighted by atomic mass is 32.2. The topological polar surface area (TPSA) is 66.4 Å². The van der Waals surface area contributed by atoms with Crippen molar-refractivity contribution in [2.75, 3.05) is 12.3 Å². The molecule has 0 aromatic heterocycles. The molecule has 0 aliphatic heterocycles. The summed E-state index contributed by atoms with van der Waals surface area (Å²) < 4.78 is 18.8. The van der Waals surface area contributed by atoms with E-state index >= 15 is 0 Å². The van der Waals surface area contributed by atoms with Crippen molar-refractivity contribution in [3.05, 3.63) is 35.9 Å². The van der Waals surface area contributed by atoms with Crippen molar-refractivity contribution in [2.45, 2.75) is 12.8 Å². The molecule has 1 atom stereocenters. The molecule has 1 aromatic carbocycles. The number of amides is 1. The maximum Gasteiger partial charge on any atom is 0.221 e. The molecule has 1 rings (SSSR count). The first-order chi connectivity index (χ1) is 7.68. The van der Waals surface area contributed by atoms with Gasteiger partial charge >= 0.3 is 0 Å². The maximum absolute atomic E-state index is 11.2. The van der Waals surface area contributed by atoms with Crippen LogP contribution in [0.4, 0.5) is 0 Å². The molecular formula is C11H15NO3S. The molecule has 0 heterocycles. The first-order valence-corrected chi connectivity index (χ1v) is 6.34. The van der Waals surface area contributed by atoms with Crippen molar-refractivity contribution >= 4 is 17.0 Å². The van der Waals surface area contributed by atoms with Gasteiger partial charge in [-0.2, -0.15) is 0 Å². The summed E-state index contributed by atoms with van der Waals surface area (Å²) >= 11 is -1.89. The Labute approximate surface area is 97.3 Å². The van der Waals surface area contributed by atoms with Gasteiger partial charge in [-0.05, 0) is 12.0 Å². The van der Waals surface area contributed by atoms with Gasteiger partial charge in [0.25, 0.3) is 0 Å². The van der Waals surface area contributed by atoms with E-state index in [9.17, 15) is 9.00 Å². The summed E-state index contributed by atoms with van der Waals surface area (Å²) in [6.45, 7) is 0.556. The van der Waals surface area contributed by atoms with Crippen LogP contribution in [0, 0.1) is 0 Å². The zero-order valence-corrected chi connectivity index (χ0v) is 9.70. The van der Waals surface area contributed by atoms with Crippen LogP contribution in [0.5, 0.6) is 0 Å². The van der Waals surface area contributed by atoms with Gasteiger partial charge in [0.1, 0.15) is 0 Å². The van der Waals surface area contributed by atoms with E-state index in [0.29, 0.717) is 6.54 Å². The molecular weight excluding hydrogens is 226 g/mol. The molecule has 0 spiro atoms. The monoisotopic (exact) mass is 241 g/mol. The van der Waals surface area contributed by atoms with Crippen LogP contribution in [0.15, 0.2) is 30.3 Å². The molecule has 4 nitrogen and oxygen atoms in total. The van der Waals surface area contributed by atoms with Gasteiger partial charge in [-0.1, -0.05) is 30.3 Å². The Kier molecular flexibility index (Phi) is 5.74. The van der Waals surface area contributed by atoms with Crippen LogP contribution in [-0.4, -0.2) is 27.0 Å². The minimum Gasteiger partial charge on any atom is -0.356 e. The van der Waals surface area contributed by atoms with Crippen molar-refractivity contribution in [2.24, 2.45) is 0 Å². The van der Waals surface area contributed by atoms with Gasteiger partial charge in [0, 0.05) is 13.0 Å². The third-order valence-corrected chi connectivity index (χ3v) is 2.64. The lowest BCUT2D eigenvalue weighted by Gasteiger charge is -2.04. The van der Waals surface area contributed by atoms with E-state index in [2.05, 4.69) is 5.32 Å². The second-order valence-electron chi connectivity index (χ2n) is 3.36. The third-order valence-electron chi connectivity index (χ3n) is 2.08. The first-order valence-electron chi connectivity index (χ1n) is 5.06. The van der Waals surface area contributed by atoms with Gasteiger partial charge in [0.2, 0.25) is 5.91 Å².